The molecule has 126 valence electrons. The molecule has 0 aliphatic carbocycles. The molecule has 4 rings (SSSR count). The quantitative estimate of drug-likeness (QED) is 0.571. The number of halogens is 1. The van der Waals surface area contributed by atoms with Crippen molar-refractivity contribution in [2.75, 3.05) is 12.4 Å². The van der Waals surface area contributed by atoms with E-state index in [9.17, 15) is 0 Å². The molecule has 0 unspecified atom stereocenters. The third-order valence-electron chi connectivity index (χ3n) is 3.78. The Morgan fingerprint density at radius 3 is 2.92 bits per heavy atom. The van der Waals surface area contributed by atoms with Crippen molar-refractivity contribution in [2.24, 2.45) is 0 Å². The van der Waals surface area contributed by atoms with E-state index in [2.05, 4.69) is 20.6 Å². The summed E-state index contributed by atoms with van der Waals surface area (Å²) in [5.74, 6) is 2.16. The summed E-state index contributed by atoms with van der Waals surface area (Å²) < 4.78 is 7.10. The maximum absolute atomic E-state index is 6.28. The number of hydrogen-bond donors (Lipinski definition) is 1. The van der Waals surface area contributed by atoms with E-state index in [0.717, 1.165) is 22.7 Å². The lowest BCUT2D eigenvalue weighted by molar-refractivity contribution is 0.410. The van der Waals surface area contributed by atoms with Crippen LogP contribution >= 0.6 is 22.9 Å². The SMILES string of the molecule is COc1cccc(Cl)c1CNc1ccc2nnc(-c3ccsc3)n2n1. The number of fused-ring (bicyclic) bond motifs is 1. The first-order chi connectivity index (χ1) is 12.3. The van der Waals surface area contributed by atoms with Gasteiger partial charge >= 0.3 is 0 Å². The number of nitrogens with one attached hydrogen (secondary N) is 1. The molecule has 25 heavy (non-hydrogen) atoms. The predicted octanol–water partition coefficient (Wildman–Crippen LogP) is 4.13. The summed E-state index contributed by atoms with van der Waals surface area (Å²) in [6, 6.07) is 11.3. The van der Waals surface area contributed by atoms with Crippen molar-refractivity contribution in [3.05, 3.63) is 57.7 Å². The average molecular weight is 372 g/mol. The van der Waals surface area contributed by atoms with Gasteiger partial charge in [0.05, 0.1) is 7.11 Å². The second kappa shape index (κ2) is 6.70. The third kappa shape index (κ3) is 3.04. The highest BCUT2D eigenvalue weighted by Crippen LogP contribution is 2.27. The van der Waals surface area contributed by atoms with E-state index >= 15 is 0 Å². The van der Waals surface area contributed by atoms with Crippen molar-refractivity contribution in [1.82, 2.24) is 19.8 Å². The van der Waals surface area contributed by atoms with Crippen molar-refractivity contribution < 1.29 is 4.74 Å². The Morgan fingerprint density at radius 1 is 1.20 bits per heavy atom. The van der Waals surface area contributed by atoms with E-state index in [1.165, 1.54) is 0 Å². The number of benzene rings is 1. The number of rotatable bonds is 5. The van der Waals surface area contributed by atoms with Crippen LogP contribution in [-0.4, -0.2) is 26.9 Å². The van der Waals surface area contributed by atoms with E-state index in [1.54, 1.807) is 23.0 Å². The Kier molecular flexibility index (Phi) is 4.25. The van der Waals surface area contributed by atoms with Gasteiger partial charge in [0, 0.05) is 28.1 Å². The molecule has 0 fully saturated rings. The molecule has 0 amide bonds. The number of methoxy groups -OCH3 is 1. The molecule has 1 aromatic carbocycles. The van der Waals surface area contributed by atoms with Crippen molar-refractivity contribution in [3.8, 4) is 17.1 Å². The Bertz CT molecular complexity index is 1020. The molecule has 8 heteroatoms. The van der Waals surface area contributed by atoms with Gasteiger partial charge in [0.15, 0.2) is 11.5 Å². The van der Waals surface area contributed by atoms with Crippen LogP contribution in [0.1, 0.15) is 5.56 Å². The topological polar surface area (TPSA) is 64.3 Å². The third-order valence-corrected chi connectivity index (χ3v) is 4.82. The minimum absolute atomic E-state index is 0.497. The Morgan fingerprint density at radius 2 is 2.12 bits per heavy atom. The van der Waals surface area contributed by atoms with E-state index in [4.69, 9.17) is 16.3 Å². The Balaban J connectivity index is 1.64. The first-order valence-corrected chi connectivity index (χ1v) is 8.88. The van der Waals surface area contributed by atoms with Crippen molar-refractivity contribution in [1.29, 1.82) is 0 Å². The molecule has 0 radical (unpaired) electrons. The van der Waals surface area contributed by atoms with Crippen LogP contribution in [0.4, 0.5) is 5.82 Å². The summed E-state index contributed by atoms with van der Waals surface area (Å²) in [4.78, 5) is 0. The summed E-state index contributed by atoms with van der Waals surface area (Å²) in [6.45, 7) is 0.497. The highest BCUT2D eigenvalue weighted by Gasteiger charge is 2.11. The number of thiophene rings is 1. The van der Waals surface area contributed by atoms with Crippen LogP contribution < -0.4 is 10.1 Å². The monoisotopic (exact) mass is 371 g/mol. The van der Waals surface area contributed by atoms with Gasteiger partial charge in [0.2, 0.25) is 0 Å². The van der Waals surface area contributed by atoms with Gasteiger partial charge in [-0.3, -0.25) is 0 Å². The molecule has 3 aromatic heterocycles. The molecule has 1 N–H and O–H groups in total. The maximum Gasteiger partial charge on any atom is 0.186 e. The molecule has 0 aliphatic heterocycles. The number of hydrogen-bond acceptors (Lipinski definition) is 6. The van der Waals surface area contributed by atoms with Crippen LogP contribution in [0.25, 0.3) is 17.0 Å². The zero-order chi connectivity index (χ0) is 17.2. The Hall–Kier alpha value is -2.64. The lowest BCUT2D eigenvalue weighted by Crippen LogP contribution is -2.06. The lowest BCUT2D eigenvalue weighted by Gasteiger charge is -2.11. The molecule has 0 aliphatic rings. The number of ether oxygens (including phenoxy) is 1. The molecule has 6 nitrogen and oxygen atoms in total. The van der Waals surface area contributed by atoms with Crippen molar-refractivity contribution in [3.63, 3.8) is 0 Å². The zero-order valence-electron chi connectivity index (χ0n) is 13.3. The smallest absolute Gasteiger partial charge is 0.186 e. The van der Waals surface area contributed by atoms with Crippen LogP contribution in [0.5, 0.6) is 5.75 Å². The number of anilines is 1. The highest BCUT2D eigenvalue weighted by molar-refractivity contribution is 7.08. The van der Waals surface area contributed by atoms with E-state index in [1.807, 2.05) is 47.2 Å². The fourth-order valence-corrected chi connectivity index (χ4v) is 3.40. The summed E-state index contributed by atoms with van der Waals surface area (Å²) in [5.41, 5.74) is 2.58. The molecule has 0 saturated heterocycles. The van der Waals surface area contributed by atoms with Gasteiger partial charge in [-0.25, -0.2) is 0 Å². The van der Waals surface area contributed by atoms with Crippen LogP contribution in [0, 0.1) is 0 Å². The summed E-state index contributed by atoms with van der Waals surface area (Å²) in [7, 11) is 1.63. The summed E-state index contributed by atoms with van der Waals surface area (Å²) in [5, 5.41) is 20.9. The molecule has 0 atom stereocenters. The average Bonchev–Trinajstić information content (AvgIpc) is 3.29. The number of nitrogens with zero attached hydrogens (tertiary/aromatic N) is 4. The van der Waals surface area contributed by atoms with Gasteiger partial charge in [-0.1, -0.05) is 17.7 Å². The lowest BCUT2D eigenvalue weighted by atomic mass is 10.2. The van der Waals surface area contributed by atoms with Gasteiger partial charge in [-0.05, 0) is 35.7 Å². The fourth-order valence-electron chi connectivity index (χ4n) is 2.54. The highest BCUT2D eigenvalue weighted by atomic mass is 35.5. The molecular formula is C17H14ClN5OS. The van der Waals surface area contributed by atoms with E-state index in [0.29, 0.717) is 23.0 Å². The summed E-state index contributed by atoms with van der Waals surface area (Å²) >= 11 is 7.89. The fraction of sp³-hybridized carbons (Fsp3) is 0.118. The second-order valence-corrected chi connectivity index (χ2v) is 6.49. The van der Waals surface area contributed by atoms with Gasteiger partial charge in [-0.15, -0.1) is 15.3 Å². The van der Waals surface area contributed by atoms with E-state index < -0.39 is 0 Å². The van der Waals surface area contributed by atoms with Crippen LogP contribution in [0.15, 0.2) is 47.2 Å². The molecule has 3 heterocycles. The van der Waals surface area contributed by atoms with Gasteiger partial charge < -0.3 is 10.1 Å². The molecule has 0 bridgehead atoms. The van der Waals surface area contributed by atoms with Gasteiger partial charge in [0.25, 0.3) is 0 Å². The summed E-state index contributed by atoms with van der Waals surface area (Å²) in [6.07, 6.45) is 0. The maximum atomic E-state index is 6.28. The van der Waals surface area contributed by atoms with Crippen molar-refractivity contribution in [2.45, 2.75) is 6.54 Å². The first-order valence-electron chi connectivity index (χ1n) is 7.56. The zero-order valence-corrected chi connectivity index (χ0v) is 14.9. The number of aromatic nitrogens is 4. The van der Waals surface area contributed by atoms with Gasteiger partial charge in [-0.2, -0.15) is 15.9 Å². The minimum Gasteiger partial charge on any atom is -0.496 e. The second-order valence-electron chi connectivity index (χ2n) is 5.30. The van der Waals surface area contributed by atoms with Crippen LogP contribution in [0.3, 0.4) is 0 Å². The molecule has 4 aromatic rings. The van der Waals surface area contributed by atoms with Crippen LogP contribution in [-0.2, 0) is 6.54 Å². The largest absolute Gasteiger partial charge is 0.496 e. The normalized spacial score (nSPS) is 11.0. The first kappa shape index (κ1) is 15.9. The minimum atomic E-state index is 0.497. The van der Waals surface area contributed by atoms with Crippen molar-refractivity contribution >= 4 is 34.4 Å². The standard InChI is InChI=1S/C17H14ClN5OS/c1-24-14-4-2-3-13(18)12(14)9-19-15-5-6-16-20-21-17(23(16)22-15)11-7-8-25-10-11/h2-8,10H,9H2,1H3,(H,19,22). The van der Waals surface area contributed by atoms with E-state index in [-0.39, 0.29) is 0 Å². The molecule has 0 saturated carbocycles. The predicted molar refractivity (Wildman–Crippen MR) is 99.4 cm³/mol. The Labute approximate surface area is 153 Å². The molecular weight excluding hydrogens is 358 g/mol. The van der Waals surface area contributed by atoms with Crippen LogP contribution in [0.2, 0.25) is 5.02 Å². The molecule has 0 spiro atoms. The van der Waals surface area contributed by atoms with Gasteiger partial charge in [0.1, 0.15) is 11.6 Å².